The molecule has 0 saturated carbocycles. The fourth-order valence-corrected chi connectivity index (χ4v) is 2.83. The number of anilines is 2. The van der Waals surface area contributed by atoms with Crippen molar-refractivity contribution in [3.8, 4) is 0 Å². The van der Waals surface area contributed by atoms with Crippen molar-refractivity contribution >= 4 is 35.5 Å². The molecule has 11 heteroatoms. The third kappa shape index (κ3) is 6.70. The number of carbonyl (C=O) groups is 2. The van der Waals surface area contributed by atoms with Crippen LogP contribution in [-0.2, 0) is 16.1 Å². The first-order valence-corrected chi connectivity index (χ1v) is 9.04. The van der Waals surface area contributed by atoms with Gasteiger partial charge in [-0.15, -0.1) is 0 Å². The molecule has 0 atom stereocenters. The molecule has 1 heterocycles. The van der Waals surface area contributed by atoms with Crippen molar-refractivity contribution in [1.29, 1.82) is 0 Å². The molecule has 0 unspecified atom stereocenters. The maximum absolute atomic E-state index is 12.9. The molecule has 1 aromatic heterocycles. The number of hydrogen-bond acceptors (Lipinski definition) is 8. The number of carbonyl (C=O) groups excluding carboxylic acids is 2. The number of rotatable bonds is 8. The summed E-state index contributed by atoms with van der Waals surface area (Å²) in [6.07, 6.45) is 0. The van der Waals surface area contributed by atoms with E-state index in [2.05, 4.69) is 20.3 Å². The van der Waals surface area contributed by atoms with Crippen LogP contribution in [-0.4, -0.2) is 50.5 Å². The first-order valence-electron chi connectivity index (χ1n) is 8.06. The molecule has 0 radical (unpaired) electrons. The Balaban J connectivity index is 1.82. The molecule has 0 bridgehead atoms. The highest BCUT2D eigenvalue weighted by Gasteiger charge is 2.16. The zero-order chi connectivity index (χ0) is 19.8. The second kappa shape index (κ2) is 9.67. The maximum atomic E-state index is 12.9. The molecule has 0 aliphatic heterocycles. The molecular weight excluding hydrogens is 373 g/mol. The molecule has 2 aromatic rings. The average molecular weight is 393 g/mol. The molecule has 9 nitrogen and oxygen atoms in total. The number of aromatic nitrogens is 3. The number of nitrogen functional groups attached to an aromatic ring is 2. The quantitative estimate of drug-likeness (QED) is 0.549. The molecule has 0 aliphatic carbocycles. The minimum Gasteiger partial charge on any atom is -0.368 e. The first-order chi connectivity index (χ1) is 12.9. The van der Waals surface area contributed by atoms with Crippen LogP contribution in [0.25, 0.3) is 0 Å². The average Bonchev–Trinajstić information content (AvgIpc) is 2.63. The predicted octanol–water partition coefficient (Wildman–Crippen LogP) is 0.432. The van der Waals surface area contributed by atoms with E-state index in [1.807, 2.05) is 0 Å². The van der Waals surface area contributed by atoms with Gasteiger partial charge in [-0.25, -0.2) is 4.39 Å². The van der Waals surface area contributed by atoms with Gasteiger partial charge in [-0.3, -0.25) is 9.59 Å². The summed E-state index contributed by atoms with van der Waals surface area (Å²) in [5.41, 5.74) is 11.7. The molecule has 0 aliphatic rings. The van der Waals surface area contributed by atoms with E-state index in [-0.39, 0.29) is 53.5 Å². The van der Waals surface area contributed by atoms with Crippen molar-refractivity contribution < 1.29 is 14.0 Å². The number of nitrogens with one attached hydrogen (secondary N) is 1. The van der Waals surface area contributed by atoms with Crippen LogP contribution in [0.2, 0.25) is 0 Å². The molecule has 144 valence electrons. The van der Waals surface area contributed by atoms with E-state index in [1.165, 1.54) is 17.0 Å². The fraction of sp³-hybridized carbons (Fsp3) is 0.312. The van der Waals surface area contributed by atoms with Crippen LogP contribution >= 0.6 is 11.8 Å². The van der Waals surface area contributed by atoms with Gasteiger partial charge >= 0.3 is 0 Å². The van der Waals surface area contributed by atoms with Crippen LogP contribution in [0.5, 0.6) is 0 Å². The Morgan fingerprint density at radius 3 is 2.37 bits per heavy atom. The van der Waals surface area contributed by atoms with E-state index in [9.17, 15) is 14.0 Å². The second-order valence-corrected chi connectivity index (χ2v) is 6.38. The third-order valence-electron chi connectivity index (χ3n) is 3.45. The Hall–Kier alpha value is -2.95. The van der Waals surface area contributed by atoms with Crippen molar-refractivity contribution in [2.45, 2.75) is 18.6 Å². The lowest BCUT2D eigenvalue weighted by molar-refractivity contribution is -0.133. The summed E-state index contributed by atoms with van der Waals surface area (Å²) in [7, 11) is 0. The Labute approximate surface area is 159 Å². The molecule has 2 rings (SSSR count). The Morgan fingerprint density at radius 2 is 1.78 bits per heavy atom. The van der Waals surface area contributed by atoms with Gasteiger partial charge in [0, 0.05) is 13.1 Å². The number of thioether (sulfide) groups is 1. The molecule has 1 aromatic carbocycles. The van der Waals surface area contributed by atoms with E-state index < -0.39 is 0 Å². The normalized spacial score (nSPS) is 10.4. The monoisotopic (exact) mass is 393 g/mol. The summed E-state index contributed by atoms with van der Waals surface area (Å²) in [4.78, 5) is 37.2. The van der Waals surface area contributed by atoms with Crippen molar-refractivity contribution in [3.05, 3.63) is 35.6 Å². The summed E-state index contributed by atoms with van der Waals surface area (Å²) < 4.78 is 12.9. The minimum atomic E-state index is -0.341. The number of hydrogen-bond donors (Lipinski definition) is 3. The Morgan fingerprint density at radius 1 is 1.15 bits per heavy atom. The first kappa shape index (κ1) is 20.4. The fourth-order valence-electron chi connectivity index (χ4n) is 2.08. The summed E-state index contributed by atoms with van der Waals surface area (Å²) in [6, 6.07) is 5.81. The predicted molar refractivity (Wildman–Crippen MR) is 99.9 cm³/mol. The standard InChI is InChI=1S/C16H20FN7O2S/c1-2-24(8-12(25)20-7-10-3-5-11(17)6-4-10)13(26)9-27-16-22-14(18)21-15(19)23-16/h3-6H,2,7-9H2,1H3,(H,20,25)(H4,18,19,21,22,23). The highest BCUT2D eigenvalue weighted by molar-refractivity contribution is 7.99. The summed E-state index contributed by atoms with van der Waals surface area (Å²) in [6.45, 7) is 2.31. The highest BCUT2D eigenvalue weighted by Crippen LogP contribution is 2.15. The molecule has 27 heavy (non-hydrogen) atoms. The van der Waals surface area contributed by atoms with Crippen LogP contribution < -0.4 is 16.8 Å². The molecule has 0 saturated heterocycles. The minimum absolute atomic E-state index is 0.0232. The van der Waals surface area contributed by atoms with E-state index in [1.54, 1.807) is 19.1 Å². The lowest BCUT2D eigenvalue weighted by atomic mass is 10.2. The van der Waals surface area contributed by atoms with Gasteiger partial charge in [0.15, 0.2) is 5.16 Å². The number of likely N-dealkylation sites (N-methyl/N-ethyl adjacent to an activating group) is 1. The number of amides is 2. The van der Waals surface area contributed by atoms with E-state index in [0.717, 1.165) is 17.3 Å². The number of nitrogens with zero attached hydrogens (tertiary/aromatic N) is 4. The smallest absolute Gasteiger partial charge is 0.239 e. The zero-order valence-electron chi connectivity index (χ0n) is 14.7. The molecule has 0 spiro atoms. The van der Waals surface area contributed by atoms with Gasteiger partial charge in [0.2, 0.25) is 23.7 Å². The second-order valence-electron chi connectivity index (χ2n) is 5.43. The SMILES string of the molecule is CCN(CC(=O)NCc1ccc(F)cc1)C(=O)CSc1nc(N)nc(N)n1. The van der Waals surface area contributed by atoms with Gasteiger partial charge in [-0.1, -0.05) is 23.9 Å². The van der Waals surface area contributed by atoms with Crippen LogP contribution in [0, 0.1) is 5.82 Å². The topological polar surface area (TPSA) is 140 Å². The lowest BCUT2D eigenvalue weighted by Crippen LogP contribution is -2.41. The zero-order valence-corrected chi connectivity index (χ0v) is 15.5. The highest BCUT2D eigenvalue weighted by atomic mass is 32.2. The Kier molecular flexibility index (Phi) is 7.29. The number of nitrogens with two attached hydrogens (primary N) is 2. The van der Waals surface area contributed by atoms with Crippen molar-refractivity contribution in [1.82, 2.24) is 25.2 Å². The van der Waals surface area contributed by atoms with E-state index >= 15 is 0 Å². The molecular formula is C16H20FN7O2S. The van der Waals surface area contributed by atoms with E-state index in [4.69, 9.17) is 11.5 Å². The van der Waals surface area contributed by atoms with Crippen LogP contribution in [0.15, 0.2) is 29.4 Å². The summed E-state index contributed by atoms with van der Waals surface area (Å²) in [5, 5.41) is 2.94. The molecule has 2 amide bonds. The van der Waals surface area contributed by atoms with Gasteiger partial charge in [0.25, 0.3) is 0 Å². The van der Waals surface area contributed by atoms with Gasteiger partial charge in [-0.2, -0.15) is 15.0 Å². The van der Waals surface area contributed by atoms with Gasteiger partial charge in [-0.05, 0) is 24.6 Å². The van der Waals surface area contributed by atoms with Crippen molar-refractivity contribution in [2.24, 2.45) is 0 Å². The van der Waals surface area contributed by atoms with Crippen molar-refractivity contribution in [2.75, 3.05) is 30.3 Å². The maximum Gasteiger partial charge on any atom is 0.239 e. The Bertz CT molecular complexity index is 784. The van der Waals surface area contributed by atoms with Crippen molar-refractivity contribution in [3.63, 3.8) is 0 Å². The van der Waals surface area contributed by atoms with E-state index in [0.29, 0.717) is 6.54 Å². The summed E-state index contributed by atoms with van der Waals surface area (Å²) in [5.74, 6) is -0.922. The molecule has 0 fully saturated rings. The largest absolute Gasteiger partial charge is 0.368 e. The number of halogens is 1. The number of benzene rings is 1. The van der Waals surface area contributed by atoms with Crippen LogP contribution in [0.1, 0.15) is 12.5 Å². The van der Waals surface area contributed by atoms with Gasteiger partial charge in [0.1, 0.15) is 5.82 Å². The van der Waals surface area contributed by atoms with Crippen LogP contribution in [0.4, 0.5) is 16.3 Å². The summed E-state index contributed by atoms with van der Waals surface area (Å²) >= 11 is 1.06. The van der Waals surface area contributed by atoms with Gasteiger partial charge in [0.05, 0.1) is 12.3 Å². The van der Waals surface area contributed by atoms with Gasteiger partial charge < -0.3 is 21.7 Å². The van der Waals surface area contributed by atoms with Crippen LogP contribution in [0.3, 0.4) is 0 Å². The third-order valence-corrected chi connectivity index (χ3v) is 4.28. The lowest BCUT2D eigenvalue weighted by Gasteiger charge is -2.20. The molecule has 5 N–H and O–H groups in total.